The minimum absolute atomic E-state index is 0.735. The van der Waals surface area contributed by atoms with Gasteiger partial charge in [-0.3, -0.25) is 0 Å². The molecule has 0 amide bonds. The van der Waals surface area contributed by atoms with Crippen molar-refractivity contribution < 1.29 is 9.57 Å². The molecule has 0 saturated heterocycles. The van der Waals surface area contributed by atoms with Crippen molar-refractivity contribution in [3.8, 4) is 5.75 Å². The Bertz CT molecular complexity index is 421. The highest BCUT2D eigenvalue weighted by Gasteiger charge is 2.21. The van der Waals surface area contributed by atoms with Crippen molar-refractivity contribution in [1.29, 1.82) is 0 Å². The predicted molar refractivity (Wildman–Crippen MR) is 47.4 cm³/mol. The third kappa shape index (κ3) is 0.902. The van der Waals surface area contributed by atoms with E-state index in [4.69, 9.17) is 9.57 Å². The number of hydroxylamine groups is 1. The molecule has 13 heavy (non-hydrogen) atoms. The van der Waals surface area contributed by atoms with Crippen LogP contribution in [0.25, 0.3) is 6.08 Å². The lowest BCUT2D eigenvalue weighted by molar-refractivity contribution is 0.164. The molecule has 2 aliphatic heterocycles. The molecule has 0 saturated carbocycles. The van der Waals surface area contributed by atoms with E-state index >= 15 is 0 Å². The highest BCUT2D eigenvalue weighted by Crippen LogP contribution is 2.32. The zero-order valence-electron chi connectivity index (χ0n) is 6.78. The molecule has 1 N–H and O–H groups in total. The van der Waals surface area contributed by atoms with E-state index in [1.54, 1.807) is 6.20 Å². The fraction of sp³-hybridized carbons (Fsp3) is 0. The Morgan fingerprint density at radius 1 is 1.08 bits per heavy atom. The normalized spacial score (nSPS) is 16.9. The Balaban J connectivity index is 2.18. The molecule has 2 aliphatic rings. The van der Waals surface area contributed by atoms with Crippen LogP contribution in [-0.4, -0.2) is 0 Å². The van der Waals surface area contributed by atoms with Gasteiger partial charge in [0.1, 0.15) is 5.75 Å². The molecule has 3 rings (SSSR count). The summed E-state index contributed by atoms with van der Waals surface area (Å²) in [6.45, 7) is 0. The molecule has 0 radical (unpaired) electrons. The van der Waals surface area contributed by atoms with Crippen molar-refractivity contribution in [2.24, 2.45) is 0 Å². The van der Waals surface area contributed by atoms with Gasteiger partial charge in [0, 0.05) is 5.56 Å². The molecule has 2 heterocycles. The lowest BCUT2D eigenvalue weighted by Gasteiger charge is -2.14. The van der Waals surface area contributed by atoms with E-state index in [-0.39, 0.29) is 0 Å². The maximum atomic E-state index is 5.56. The van der Waals surface area contributed by atoms with E-state index < -0.39 is 0 Å². The molecule has 3 heteroatoms. The van der Waals surface area contributed by atoms with Gasteiger partial charge in [0.25, 0.3) is 0 Å². The van der Waals surface area contributed by atoms with Gasteiger partial charge in [0.15, 0.2) is 11.5 Å². The summed E-state index contributed by atoms with van der Waals surface area (Å²) in [6.07, 6.45) is 3.65. The molecule has 0 fully saturated rings. The molecular weight excluding hydrogens is 166 g/mol. The molecule has 0 bridgehead atoms. The van der Waals surface area contributed by atoms with E-state index in [2.05, 4.69) is 5.48 Å². The van der Waals surface area contributed by atoms with Gasteiger partial charge in [0.05, 0.1) is 6.20 Å². The van der Waals surface area contributed by atoms with Gasteiger partial charge >= 0.3 is 0 Å². The second-order valence-electron chi connectivity index (χ2n) is 2.88. The number of nitrogens with one attached hydrogen (secondary N) is 1. The maximum absolute atomic E-state index is 5.56. The number of hydrogen-bond donors (Lipinski definition) is 1. The number of fused-ring (bicyclic) bond motifs is 2. The van der Waals surface area contributed by atoms with E-state index in [9.17, 15) is 0 Å². The van der Waals surface area contributed by atoms with Crippen LogP contribution in [0.15, 0.2) is 42.0 Å². The molecule has 3 nitrogen and oxygen atoms in total. The first-order valence-electron chi connectivity index (χ1n) is 4.05. The second-order valence-corrected chi connectivity index (χ2v) is 2.88. The maximum Gasteiger partial charge on any atom is 0.199 e. The summed E-state index contributed by atoms with van der Waals surface area (Å²) >= 11 is 0. The lowest BCUT2D eigenvalue weighted by Crippen LogP contribution is -2.03. The van der Waals surface area contributed by atoms with Crippen molar-refractivity contribution in [1.82, 2.24) is 5.48 Å². The molecule has 0 aromatic heterocycles. The monoisotopic (exact) mass is 173 g/mol. The first-order valence-corrected chi connectivity index (χ1v) is 4.05. The zero-order valence-corrected chi connectivity index (χ0v) is 6.78. The molecule has 0 aliphatic carbocycles. The van der Waals surface area contributed by atoms with Gasteiger partial charge in [0.2, 0.25) is 0 Å². The smallest absolute Gasteiger partial charge is 0.199 e. The third-order valence-corrected chi connectivity index (χ3v) is 2.03. The van der Waals surface area contributed by atoms with Gasteiger partial charge in [-0.15, -0.1) is 0 Å². The summed E-state index contributed by atoms with van der Waals surface area (Å²) in [4.78, 5) is 5.11. The topological polar surface area (TPSA) is 30.5 Å². The van der Waals surface area contributed by atoms with Gasteiger partial charge in [-0.1, -0.05) is 18.2 Å². The van der Waals surface area contributed by atoms with Crippen LogP contribution in [0.1, 0.15) is 5.56 Å². The molecular formula is C10H7NO2. The standard InChI is InChI=1S/C10H7NO2/c1-2-4-8-7(3-1)5-9-10(12-8)6-11-13-9/h1-6,11H. The molecule has 0 atom stereocenters. The van der Waals surface area contributed by atoms with Gasteiger partial charge in [-0.25, -0.2) is 5.48 Å². The minimum Gasteiger partial charge on any atom is -0.451 e. The summed E-state index contributed by atoms with van der Waals surface area (Å²) < 4.78 is 5.56. The molecule has 0 spiro atoms. The van der Waals surface area contributed by atoms with E-state index in [1.807, 2.05) is 30.3 Å². The van der Waals surface area contributed by atoms with Crippen LogP contribution in [0.5, 0.6) is 5.75 Å². The van der Waals surface area contributed by atoms with Crippen LogP contribution in [0.4, 0.5) is 0 Å². The fourth-order valence-corrected chi connectivity index (χ4v) is 1.40. The van der Waals surface area contributed by atoms with Crippen molar-refractivity contribution in [2.75, 3.05) is 0 Å². The van der Waals surface area contributed by atoms with Crippen molar-refractivity contribution in [3.63, 3.8) is 0 Å². The van der Waals surface area contributed by atoms with Crippen LogP contribution in [0, 0.1) is 0 Å². The average Bonchev–Trinajstić information content (AvgIpc) is 2.61. The second kappa shape index (κ2) is 2.29. The van der Waals surface area contributed by atoms with Gasteiger partial charge in [-0.05, 0) is 12.1 Å². The molecule has 1 aromatic carbocycles. The highest BCUT2D eigenvalue weighted by atomic mass is 16.7. The molecule has 0 unspecified atom stereocenters. The Labute approximate surface area is 75.2 Å². The average molecular weight is 173 g/mol. The largest absolute Gasteiger partial charge is 0.451 e. The van der Waals surface area contributed by atoms with Crippen LogP contribution in [0.2, 0.25) is 0 Å². The minimum atomic E-state index is 0.735. The summed E-state index contributed by atoms with van der Waals surface area (Å²) in [5, 5.41) is 0. The van der Waals surface area contributed by atoms with Crippen molar-refractivity contribution in [2.45, 2.75) is 0 Å². The van der Waals surface area contributed by atoms with Crippen molar-refractivity contribution >= 4 is 6.08 Å². The predicted octanol–water partition coefficient (Wildman–Crippen LogP) is 1.80. The van der Waals surface area contributed by atoms with Gasteiger partial charge in [-0.2, -0.15) is 0 Å². The Morgan fingerprint density at radius 2 is 2.00 bits per heavy atom. The Kier molecular flexibility index (Phi) is 1.16. The first-order chi connectivity index (χ1) is 6.43. The van der Waals surface area contributed by atoms with Crippen LogP contribution >= 0.6 is 0 Å². The van der Waals surface area contributed by atoms with Crippen molar-refractivity contribution in [3.05, 3.63) is 47.5 Å². The number of ether oxygens (including phenoxy) is 1. The quantitative estimate of drug-likeness (QED) is 0.648. The lowest BCUT2D eigenvalue weighted by atomic mass is 10.1. The number of para-hydroxylation sites is 1. The Hall–Kier alpha value is -1.90. The number of hydrogen-bond acceptors (Lipinski definition) is 3. The van der Waals surface area contributed by atoms with Crippen LogP contribution < -0.4 is 10.2 Å². The molecule has 1 aromatic rings. The van der Waals surface area contributed by atoms with E-state index in [1.165, 1.54) is 0 Å². The highest BCUT2D eigenvalue weighted by molar-refractivity contribution is 5.65. The van der Waals surface area contributed by atoms with Crippen LogP contribution in [-0.2, 0) is 4.84 Å². The summed E-state index contributed by atoms with van der Waals surface area (Å²) in [5.41, 5.74) is 3.68. The third-order valence-electron chi connectivity index (χ3n) is 2.03. The number of rotatable bonds is 0. The zero-order chi connectivity index (χ0) is 8.67. The first kappa shape index (κ1) is 6.60. The van der Waals surface area contributed by atoms with E-state index in [0.29, 0.717) is 0 Å². The molecule has 64 valence electrons. The Morgan fingerprint density at radius 3 is 3.00 bits per heavy atom. The fourth-order valence-electron chi connectivity index (χ4n) is 1.40. The summed E-state index contributed by atoms with van der Waals surface area (Å²) in [7, 11) is 0. The summed E-state index contributed by atoms with van der Waals surface area (Å²) in [5.74, 6) is 2.34. The number of benzene rings is 1. The summed E-state index contributed by atoms with van der Waals surface area (Å²) in [6, 6.07) is 7.83. The van der Waals surface area contributed by atoms with Crippen LogP contribution in [0.3, 0.4) is 0 Å². The van der Waals surface area contributed by atoms with Gasteiger partial charge < -0.3 is 9.57 Å². The SMILES string of the molecule is C1=C2ONC=C2Oc2ccccc21. The van der Waals surface area contributed by atoms with E-state index in [0.717, 1.165) is 22.8 Å².